The SMILES string of the molecule is Cc1ccc2c(c1)[C@H]1CN(c3ccccc3)C[C@H]1CN2C. The molecule has 0 saturated carbocycles. The average Bonchev–Trinajstić information content (AvgIpc) is 2.92. The van der Waals surface area contributed by atoms with Gasteiger partial charge >= 0.3 is 0 Å². The van der Waals surface area contributed by atoms with E-state index in [0.29, 0.717) is 5.92 Å². The van der Waals surface area contributed by atoms with Crippen molar-refractivity contribution in [3.63, 3.8) is 0 Å². The maximum Gasteiger partial charge on any atom is 0.0400 e. The maximum absolute atomic E-state index is 2.56. The van der Waals surface area contributed by atoms with Gasteiger partial charge in [-0.15, -0.1) is 0 Å². The lowest BCUT2D eigenvalue weighted by Gasteiger charge is -2.35. The predicted octanol–water partition coefficient (Wildman–Crippen LogP) is 3.66. The molecule has 0 bridgehead atoms. The Balaban J connectivity index is 1.69. The number of hydrogen-bond donors (Lipinski definition) is 0. The molecule has 2 heteroatoms. The molecule has 2 aromatic rings. The predicted molar refractivity (Wildman–Crippen MR) is 89.3 cm³/mol. The Morgan fingerprint density at radius 2 is 1.76 bits per heavy atom. The quantitative estimate of drug-likeness (QED) is 0.785. The highest BCUT2D eigenvalue weighted by molar-refractivity contribution is 5.61. The van der Waals surface area contributed by atoms with Crippen LogP contribution in [0.1, 0.15) is 17.0 Å². The molecule has 2 atom stereocenters. The Hall–Kier alpha value is -1.96. The lowest BCUT2D eigenvalue weighted by molar-refractivity contribution is 0.497. The van der Waals surface area contributed by atoms with Gasteiger partial charge in [0.1, 0.15) is 0 Å². The van der Waals surface area contributed by atoms with Crippen molar-refractivity contribution >= 4 is 11.4 Å². The van der Waals surface area contributed by atoms with Gasteiger partial charge < -0.3 is 9.80 Å². The smallest absolute Gasteiger partial charge is 0.0400 e. The second-order valence-corrected chi connectivity index (χ2v) is 6.55. The summed E-state index contributed by atoms with van der Waals surface area (Å²) < 4.78 is 0. The van der Waals surface area contributed by atoms with Crippen LogP contribution in [-0.2, 0) is 0 Å². The van der Waals surface area contributed by atoms with Gasteiger partial charge in [-0.1, -0.05) is 35.9 Å². The zero-order valence-electron chi connectivity index (χ0n) is 12.8. The van der Waals surface area contributed by atoms with Crippen molar-refractivity contribution in [2.75, 3.05) is 36.5 Å². The maximum atomic E-state index is 2.56. The lowest BCUT2D eigenvalue weighted by atomic mass is 9.83. The first-order valence-corrected chi connectivity index (χ1v) is 7.84. The van der Waals surface area contributed by atoms with Crippen LogP contribution in [0.4, 0.5) is 11.4 Å². The Labute approximate surface area is 127 Å². The Morgan fingerprint density at radius 1 is 0.952 bits per heavy atom. The van der Waals surface area contributed by atoms with Crippen molar-refractivity contribution < 1.29 is 0 Å². The lowest BCUT2D eigenvalue weighted by Crippen LogP contribution is -2.34. The number of anilines is 2. The van der Waals surface area contributed by atoms with E-state index in [2.05, 4.69) is 72.3 Å². The van der Waals surface area contributed by atoms with Gasteiger partial charge in [0.2, 0.25) is 0 Å². The highest BCUT2D eigenvalue weighted by Gasteiger charge is 2.39. The molecule has 0 spiro atoms. The van der Waals surface area contributed by atoms with E-state index in [1.165, 1.54) is 30.0 Å². The number of rotatable bonds is 1. The van der Waals surface area contributed by atoms with Crippen molar-refractivity contribution in [1.29, 1.82) is 0 Å². The van der Waals surface area contributed by atoms with E-state index in [1.807, 2.05) is 0 Å². The number of fused-ring (bicyclic) bond motifs is 3. The molecule has 108 valence electrons. The molecule has 0 N–H and O–H groups in total. The first kappa shape index (κ1) is 12.8. The van der Waals surface area contributed by atoms with Crippen LogP contribution >= 0.6 is 0 Å². The number of aryl methyl sites for hydroxylation is 1. The molecular weight excluding hydrogens is 256 g/mol. The summed E-state index contributed by atoms with van der Waals surface area (Å²) >= 11 is 0. The summed E-state index contributed by atoms with van der Waals surface area (Å²) in [4.78, 5) is 4.99. The van der Waals surface area contributed by atoms with Gasteiger partial charge in [0.15, 0.2) is 0 Å². The molecule has 2 aliphatic rings. The van der Waals surface area contributed by atoms with Crippen LogP contribution in [0.5, 0.6) is 0 Å². The fourth-order valence-corrected chi connectivity index (χ4v) is 4.03. The van der Waals surface area contributed by atoms with Gasteiger partial charge in [-0.2, -0.15) is 0 Å². The minimum atomic E-state index is 0.677. The van der Waals surface area contributed by atoms with Crippen LogP contribution in [0.2, 0.25) is 0 Å². The van der Waals surface area contributed by atoms with Crippen LogP contribution in [0.15, 0.2) is 48.5 Å². The van der Waals surface area contributed by atoms with E-state index in [1.54, 1.807) is 5.56 Å². The zero-order chi connectivity index (χ0) is 14.4. The van der Waals surface area contributed by atoms with Gasteiger partial charge in [-0.3, -0.25) is 0 Å². The molecule has 2 heterocycles. The molecule has 0 radical (unpaired) electrons. The molecule has 2 aliphatic heterocycles. The normalized spacial score (nSPS) is 23.9. The van der Waals surface area contributed by atoms with E-state index in [0.717, 1.165) is 12.5 Å². The molecule has 1 fully saturated rings. The first-order valence-electron chi connectivity index (χ1n) is 7.84. The Bertz CT molecular complexity index is 650. The van der Waals surface area contributed by atoms with Crippen molar-refractivity contribution in [3.8, 4) is 0 Å². The Morgan fingerprint density at radius 3 is 2.57 bits per heavy atom. The summed E-state index contributed by atoms with van der Waals surface area (Å²) in [6.07, 6.45) is 0. The van der Waals surface area contributed by atoms with Crippen LogP contribution in [0.25, 0.3) is 0 Å². The van der Waals surface area contributed by atoms with Gasteiger partial charge in [0.05, 0.1) is 0 Å². The zero-order valence-corrected chi connectivity index (χ0v) is 12.8. The molecular formula is C19H22N2. The van der Waals surface area contributed by atoms with E-state index in [4.69, 9.17) is 0 Å². The standard InChI is InChI=1S/C19H22N2/c1-14-8-9-19-17(10-14)18-13-21(12-15(18)11-20(19)2)16-6-4-3-5-7-16/h3-10,15,18H,11-13H2,1-2H3/t15-,18+/m1/s1. The topological polar surface area (TPSA) is 6.48 Å². The fourth-order valence-electron chi connectivity index (χ4n) is 4.03. The van der Waals surface area contributed by atoms with Gasteiger partial charge in [-0.05, 0) is 30.7 Å². The monoisotopic (exact) mass is 278 g/mol. The highest BCUT2D eigenvalue weighted by atomic mass is 15.2. The summed E-state index contributed by atoms with van der Waals surface area (Å²) in [6.45, 7) is 5.70. The minimum Gasteiger partial charge on any atom is -0.374 e. The van der Waals surface area contributed by atoms with E-state index in [9.17, 15) is 0 Å². The second kappa shape index (κ2) is 4.80. The largest absolute Gasteiger partial charge is 0.374 e. The van der Waals surface area contributed by atoms with E-state index in [-0.39, 0.29) is 0 Å². The summed E-state index contributed by atoms with van der Waals surface area (Å²) in [5.74, 6) is 1.42. The third-order valence-corrected chi connectivity index (χ3v) is 5.06. The number of hydrogen-bond acceptors (Lipinski definition) is 2. The van der Waals surface area contributed by atoms with Crippen LogP contribution in [0.3, 0.4) is 0 Å². The minimum absolute atomic E-state index is 0.677. The molecule has 0 aromatic heterocycles. The third-order valence-electron chi connectivity index (χ3n) is 5.06. The molecule has 0 unspecified atom stereocenters. The van der Waals surface area contributed by atoms with E-state index >= 15 is 0 Å². The molecule has 2 aromatic carbocycles. The van der Waals surface area contributed by atoms with Crippen LogP contribution in [-0.4, -0.2) is 26.7 Å². The fraction of sp³-hybridized carbons (Fsp3) is 0.368. The van der Waals surface area contributed by atoms with Crippen molar-refractivity contribution in [1.82, 2.24) is 0 Å². The molecule has 1 saturated heterocycles. The molecule has 0 amide bonds. The molecule has 2 nitrogen and oxygen atoms in total. The van der Waals surface area contributed by atoms with Crippen molar-refractivity contribution in [2.24, 2.45) is 5.92 Å². The number of benzene rings is 2. The van der Waals surface area contributed by atoms with Crippen LogP contribution < -0.4 is 9.80 Å². The molecule has 21 heavy (non-hydrogen) atoms. The summed E-state index contributed by atoms with van der Waals surface area (Å²) in [5, 5.41) is 0. The second-order valence-electron chi connectivity index (χ2n) is 6.55. The van der Waals surface area contributed by atoms with Crippen LogP contribution in [0, 0.1) is 12.8 Å². The summed E-state index contributed by atoms with van der Waals surface area (Å²) in [6, 6.07) is 17.8. The van der Waals surface area contributed by atoms with Gasteiger partial charge in [-0.25, -0.2) is 0 Å². The summed E-state index contributed by atoms with van der Waals surface area (Å²) in [5.41, 5.74) is 5.72. The Kier molecular flexibility index (Phi) is 2.91. The number of nitrogens with zero attached hydrogens (tertiary/aromatic N) is 2. The summed E-state index contributed by atoms with van der Waals surface area (Å²) in [7, 11) is 2.23. The van der Waals surface area contributed by atoms with Crippen molar-refractivity contribution in [3.05, 3.63) is 59.7 Å². The van der Waals surface area contributed by atoms with Gasteiger partial charge in [0, 0.05) is 49.9 Å². The third kappa shape index (κ3) is 2.10. The van der Waals surface area contributed by atoms with Gasteiger partial charge in [0.25, 0.3) is 0 Å². The number of para-hydroxylation sites is 1. The molecule has 0 aliphatic carbocycles. The van der Waals surface area contributed by atoms with E-state index < -0.39 is 0 Å². The molecule has 4 rings (SSSR count). The van der Waals surface area contributed by atoms with Crippen molar-refractivity contribution in [2.45, 2.75) is 12.8 Å². The highest BCUT2D eigenvalue weighted by Crippen LogP contribution is 2.43. The first-order chi connectivity index (χ1) is 10.2. The average molecular weight is 278 g/mol.